The lowest BCUT2D eigenvalue weighted by atomic mass is 10.1. The summed E-state index contributed by atoms with van der Waals surface area (Å²) in [6, 6.07) is 0. The third kappa shape index (κ3) is 2.15. The smallest absolute Gasteiger partial charge is 0.232 e. The van der Waals surface area contributed by atoms with Crippen molar-refractivity contribution >= 4 is 0 Å². The van der Waals surface area contributed by atoms with Crippen LogP contribution in [0, 0.1) is 0 Å². The lowest BCUT2D eigenvalue weighted by Crippen LogP contribution is -2.16. The van der Waals surface area contributed by atoms with Crippen molar-refractivity contribution in [2.24, 2.45) is 0 Å². The molecule has 68 valence electrons. The maximum atomic E-state index is 5.16. The van der Waals surface area contributed by atoms with Gasteiger partial charge in [-0.05, 0) is 18.9 Å². The second-order valence-corrected chi connectivity index (χ2v) is 2.79. The zero-order valence-corrected chi connectivity index (χ0v) is 7.19. The van der Waals surface area contributed by atoms with Crippen LogP contribution in [-0.4, -0.2) is 0 Å². The van der Waals surface area contributed by atoms with Crippen LogP contribution in [-0.2, 0) is 9.47 Å². The Kier molecular flexibility index (Phi) is 2.36. The summed E-state index contributed by atoms with van der Waals surface area (Å²) in [5.41, 5.74) is 1.15. The minimum atomic E-state index is 0.629. The maximum Gasteiger partial charge on any atom is 0.232 e. The molecule has 0 atom stereocenters. The molecular weight excluding hydrogens is 166 g/mol. The molecule has 0 aromatic carbocycles. The molecule has 0 aromatic rings. The maximum absolute atomic E-state index is 5.16. The van der Waals surface area contributed by atoms with E-state index >= 15 is 0 Å². The fourth-order valence-corrected chi connectivity index (χ4v) is 1.19. The monoisotopic (exact) mass is 177 g/mol. The van der Waals surface area contributed by atoms with Crippen molar-refractivity contribution in [1.29, 1.82) is 0 Å². The number of nitrogens with one attached hydrogen (secondary N) is 1. The van der Waals surface area contributed by atoms with Gasteiger partial charge >= 0.3 is 0 Å². The predicted molar refractivity (Wildman–Crippen MR) is 49.0 cm³/mol. The van der Waals surface area contributed by atoms with Crippen molar-refractivity contribution in [2.75, 3.05) is 0 Å². The fourth-order valence-electron chi connectivity index (χ4n) is 1.19. The third-order valence-electron chi connectivity index (χ3n) is 1.80. The summed E-state index contributed by atoms with van der Waals surface area (Å²) < 4.78 is 10.1. The Labute approximate surface area is 77.0 Å². The van der Waals surface area contributed by atoms with Gasteiger partial charge in [-0.2, -0.15) is 0 Å². The standard InChI is InChI=1S/C10H11NO2/c1-2-4-9(5-3-1)11-10-8-12-6-7-13-10/h1-2,4,6-8,11H,3,5H2. The minimum Gasteiger partial charge on any atom is -0.464 e. The molecule has 0 amide bonds. The molecule has 0 saturated heterocycles. The van der Waals surface area contributed by atoms with E-state index in [4.69, 9.17) is 9.47 Å². The average molecular weight is 177 g/mol. The lowest BCUT2D eigenvalue weighted by molar-refractivity contribution is 0.239. The average Bonchev–Trinajstić information content (AvgIpc) is 2.21. The van der Waals surface area contributed by atoms with Gasteiger partial charge in [0.1, 0.15) is 12.5 Å². The van der Waals surface area contributed by atoms with Gasteiger partial charge in [0.05, 0.1) is 0 Å². The molecule has 1 heterocycles. The topological polar surface area (TPSA) is 30.5 Å². The van der Waals surface area contributed by atoms with E-state index in [0.29, 0.717) is 5.88 Å². The first-order chi connectivity index (χ1) is 6.45. The van der Waals surface area contributed by atoms with E-state index in [2.05, 4.69) is 11.4 Å². The molecule has 3 heteroatoms. The SMILES string of the molecule is C1=CCCC(NC2=COC=CO2)=C1. The summed E-state index contributed by atoms with van der Waals surface area (Å²) in [6.45, 7) is 0. The highest BCUT2D eigenvalue weighted by molar-refractivity contribution is 5.19. The van der Waals surface area contributed by atoms with Crippen LogP contribution in [0.2, 0.25) is 0 Å². The first-order valence-corrected chi connectivity index (χ1v) is 4.25. The highest BCUT2D eigenvalue weighted by Crippen LogP contribution is 2.12. The zero-order chi connectivity index (χ0) is 8.93. The second-order valence-electron chi connectivity index (χ2n) is 2.79. The summed E-state index contributed by atoms with van der Waals surface area (Å²) in [5, 5.41) is 3.13. The van der Waals surface area contributed by atoms with E-state index in [1.165, 1.54) is 12.5 Å². The van der Waals surface area contributed by atoms with Crippen molar-refractivity contribution < 1.29 is 9.47 Å². The van der Waals surface area contributed by atoms with Crippen LogP contribution >= 0.6 is 0 Å². The Balaban J connectivity index is 1.93. The molecule has 0 radical (unpaired) electrons. The van der Waals surface area contributed by atoms with Gasteiger partial charge in [-0.15, -0.1) is 0 Å². The van der Waals surface area contributed by atoms with Crippen LogP contribution in [0.5, 0.6) is 0 Å². The van der Waals surface area contributed by atoms with Crippen LogP contribution in [0.4, 0.5) is 0 Å². The summed E-state index contributed by atoms with van der Waals surface area (Å²) in [7, 11) is 0. The van der Waals surface area contributed by atoms with Crippen LogP contribution < -0.4 is 5.32 Å². The van der Waals surface area contributed by atoms with Crippen LogP contribution in [0.3, 0.4) is 0 Å². The number of hydrogen-bond donors (Lipinski definition) is 1. The summed E-state index contributed by atoms with van der Waals surface area (Å²) in [4.78, 5) is 0. The van der Waals surface area contributed by atoms with E-state index in [0.717, 1.165) is 18.5 Å². The molecule has 0 saturated carbocycles. The Hall–Kier alpha value is -1.64. The molecule has 1 N–H and O–H groups in total. The van der Waals surface area contributed by atoms with Crippen molar-refractivity contribution in [2.45, 2.75) is 12.8 Å². The van der Waals surface area contributed by atoms with Crippen LogP contribution in [0.1, 0.15) is 12.8 Å². The third-order valence-corrected chi connectivity index (χ3v) is 1.80. The predicted octanol–water partition coefficient (Wildman–Crippen LogP) is 2.13. The molecule has 0 fully saturated rings. The van der Waals surface area contributed by atoms with E-state index in [1.807, 2.05) is 12.2 Å². The highest BCUT2D eigenvalue weighted by Gasteiger charge is 2.04. The molecule has 13 heavy (non-hydrogen) atoms. The lowest BCUT2D eigenvalue weighted by Gasteiger charge is -2.15. The first-order valence-electron chi connectivity index (χ1n) is 4.25. The zero-order valence-electron chi connectivity index (χ0n) is 7.19. The Morgan fingerprint density at radius 3 is 3.00 bits per heavy atom. The number of rotatable bonds is 2. The van der Waals surface area contributed by atoms with Gasteiger partial charge in [-0.1, -0.05) is 12.2 Å². The normalized spacial score (nSPS) is 19.7. The highest BCUT2D eigenvalue weighted by atomic mass is 16.5. The Morgan fingerprint density at radius 1 is 1.31 bits per heavy atom. The summed E-state index contributed by atoms with van der Waals surface area (Å²) in [6.07, 6.45) is 12.8. The molecule has 0 bridgehead atoms. The van der Waals surface area contributed by atoms with E-state index in [-0.39, 0.29) is 0 Å². The molecule has 0 aromatic heterocycles. The summed E-state index contributed by atoms with van der Waals surface area (Å²) >= 11 is 0. The van der Waals surface area contributed by atoms with Gasteiger partial charge in [0.2, 0.25) is 5.88 Å². The van der Waals surface area contributed by atoms with Crippen LogP contribution in [0.25, 0.3) is 0 Å². The number of hydrogen-bond acceptors (Lipinski definition) is 3. The molecule has 3 nitrogen and oxygen atoms in total. The van der Waals surface area contributed by atoms with Gasteiger partial charge in [0.15, 0.2) is 6.26 Å². The fraction of sp³-hybridized carbons (Fsp3) is 0.200. The molecule has 2 rings (SSSR count). The Bertz CT molecular complexity index is 300. The van der Waals surface area contributed by atoms with Crippen molar-refractivity contribution in [3.63, 3.8) is 0 Å². The molecule has 2 aliphatic rings. The van der Waals surface area contributed by atoms with Gasteiger partial charge in [0, 0.05) is 5.70 Å². The van der Waals surface area contributed by atoms with Crippen molar-refractivity contribution in [3.8, 4) is 0 Å². The molecule has 0 unspecified atom stereocenters. The Morgan fingerprint density at radius 2 is 2.31 bits per heavy atom. The largest absolute Gasteiger partial charge is 0.464 e. The van der Waals surface area contributed by atoms with Crippen molar-refractivity contribution in [1.82, 2.24) is 5.32 Å². The second kappa shape index (κ2) is 3.85. The quantitative estimate of drug-likeness (QED) is 0.700. The molecule has 0 spiro atoms. The van der Waals surface area contributed by atoms with Gasteiger partial charge in [0.25, 0.3) is 0 Å². The molecular formula is C10H11NO2. The summed E-state index contributed by atoms with van der Waals surface area (Å²) in [5.74, 6) is 0.629. The number of allylic oxidation sites excluding steroid dienone is 4. The minimum absolute atomic E-state index is 0.629. The van der Waals surface area contributed by atoms with Crippen molar-refractivity contribution in [3.05, 3.63) is 48.6 Å². The van der Waals surface area contributed by atoms with Gasteiger partial charge < -0.3 is 14.8 Å². The van der Waals surface area contributed by atoms with E-state index in [1.54, 1.807) is 6.26 Å². The van der Waals surface area contributed by atoms with Gasteiger partial charge in [-0.25, -0.2) is 0 Å². The van der Waals surface area contributed by atoms with E-state index < -0.39 is 0 Å². The van der Waals surface area contributed by atoms with E-state index in [9.17, 15) is 0 Å². The van der Waals surface area contributed by atoms with Crippen LogP contribution in [0.15, 0.2) is 48.6 Å². The first kappa shape index (κ1) is 7.98. The molecule has 1 aliphatic carbocycles. The molecule has 1 aliphatic heterocycles. The number of ether oxygens (including phenoxy) is 2. The van der Waals surface area contributed by atoms with Gasteiger partial charge in [-0.3, -0.25) is 0 Å².